The van der Waals surface area contributed by atoms with E-state index in [2.05, 4.69) is 53.4 Å². The van der Waals surface area contributed by atoms with Crippen molar-refractivity contribution in [1.82, 2.24) is 15.5 Å². The lowest BCUT2D eigenvalue weighted by molar-refractivity contribution is 0.172. The maximum Gasteiger partial charge on any atom is 0.191 e. The van der Waals surface area contributed by atoms with Crippen molar-refractivity contribution in [3.8, 4) is 5.75 Å². The first-order chi connectivity index (χ1) is 13.0. The van der Waals surface area contributed by atoms with Gasteiger partial charge in [-0.1, -0.05) is 19.1 Å². The van der Waals surface area contributed by atoms with Gasteiger partial charge in [0, 0.05) is 58.9 Å². The molecule has 1 aromatic rings. The second-order valence-corrected chi connectivity index (χ2v) is 7.54. The second-order valence-electron chi connectivity index (χ2n) is 7.54. The summed E-state index contributed by atoms with van der Waals surface area (Å²) in [6, 6.07) is 9.20. The maximum absolute atomic E-state index is 5.78. The van der Waals surface area contributed by atoms with Crippen LogP contribution in [0.2, 0.25) is 0 Å². The highest BCUT2D eigenvalue weighted by atomic mass is 127. The number of nitrogens with one attached hydrogen (secondary N) is 2. The molecular formula is C21H37IN4O2. The summed E-state index contributed by atoms with van der Waals surface area (Å²) >= 11 is 0. The summed E-state index contributed by atoms with van der Waals surface area (Å²) in [6.45, 7) is 11.1. The maximum atomic E-state index is 5.78. The molecule has 1 fully saturated rings. The van der Waals surface area contributed by atoms with Crippen molar-refractivity contribution >= 4 is 29.9 Å². The smallest absolute Gasteiger partial charge is 0.191 e. The highest BCUT2D eigenvalue weighted by Gasteiger charge is 2.31. The number of benzene rings is 1. The summed E-state index contributed by atoms with van der Waals surface area (Å²) in [5, 5.41) is 7.01. The standard InChI is InChI=1S/C21H36N4O2.HI/c1-16(2)25-14-17(3)20(15-25)24-21(22-4)23-13-18-8-6-9-19(12-18)27-11-7-10-26-5;/h6,8-9,12,16-17,20H,7,10-11,13-15H2,1-5H3,(H2,22,23,24);1H. The van der Waals surface area contributed by atoms with Gasteiger partial charge in [-0.2, -0.15) is 0 Å². The van der Waals surface area contributed by atoms with Crippen molar-refractivity contribution in [2.45, 2.75) is 45.8 Å². The van der Waals surface area contributed by atoms with Gasteiger partial charge in [0.05, 0.1) is 6.61 Å². The van der Waals surface area contributed by atoms with Gasteiger partial charge in [0.1, 0.15) is 5.75 Å². The van der Waals surface area contributed by atoms with Crippen LogP contribution in [0.4, 0.5) is 0 Å². The van der Waals surface area contributed by atoms with Gasteiger partial charge in [0.15, 0.2) is 5.96 Å². The van der Waals surface area contributed by atoms with Crippen LogP contribution in [0, 0.1) is 5.92 Å². The van der Waals surface area contributed by atoms with Crippen molar-refractivity contribution < 1.29 is 9.47 Å². The molecule has 6 nitrogen and oxygen atoms in total. The van der Waals surface area contributed by atoms with E-state index in [1.807, 2.05) is 19.2 Å². The van der Waals surface area contributed by atoms with Crippen LogP contribution in [0.25, 0.3) is 0 Å². The molecule has 160 valence electrons. The average Bonchev–Trinajstić information content (AvgIpc) is 3.03. The Balaban J connectivity index is 0.00000392. The molecule has 0 bridgehead atoms. The molecule has 2 rings (SSSR count). The Morgan fingerprint density at radius 1 is 1.29 bits per heavy atom. The first-order valence-corrected chi connectivity index (χ1v) is 9.95. The Hall–Kier alpha value is -1.06. The van der Waals surface area contributed by atoms with Gasteiger partial charge < -0.3 is 20.1 Å². The molecular weight excluding hydrogens is 467 g/mol. The molecule has 0 spiro atoms. The van der Waals surface area contributed by atoms with E-state index in [-0.39, 0.29) is 24.0 Å². The Bertz CT molecular complexity index is 598. The second kappa shape index (κ2) is 13.2. The van der Waals surface area contributed by atoms with Gasteiger partial charge in [0.2, 0.25) is 0 Å². The molecule has 0 saturated carbocycles. The first-order valence-electron chi connectivity index (χ1n) is 9.95. The van der Waals surface area contributed by atoms with Gasteiger partial charge in [-0.25, -0.2) is 0 Å². The van der Waals surface area contributed by atoms with Gasteiger partial charge in [0.25, 0.3) is 0 Å². The normalized spacial score (nSPS) is 20.1. The minimum atomic E-state index is 0. The average molecular weight is 504 g/mol. The van der Waals surface area contributed by atoms with Gasteiger partial charge in [-0.3, -0.25) is 9.89 Å². The summed E-state index contributed by atoms with van der Waals surface area (Å²) in [6.07, 6.45) is 0.891. The topological polar surface area (TPSA) is 58.1 Å². The van der Waals surface area contributed by atoms with Gasteiger partial charge in [-0.05, 0) is 37.5 Å². The zero-order chi connectivity index (χ0) is 19.6. The van der Waals surface area contributed by atoms with Crippen molar-refractivity contribution in [2.75, 3.05) is 40.5 Å². The van der Waals surface area contributed by atoms with E-state index in [4.69, 9.17) is 9.47 Å². The van der Waals surface area contributed by atoms with E-state index in [1.54, 1.807) is 7.11 Å². The Kier molecular flexibility index (Phi) is 11.8. The Labute approximate surface area is 187 Å². The molecule has 28 heavy (non-hydrogen) atoms. The quantitative estimate of drug-likeness (QED) is 0.234. The fourth-order valence-electron chi connectivity index (χ4n) is 3.31. The molecule has 7 heteroatoms. The number of hydrogen-bond donors (Lipinski definition) is 2. The predicted octanol–water partition coefficient (Wildman–Crippen LogP) is 3.11. The highest BCUT2D eigenvalue weighted by molar-refractivity contribution is 14.0. The summed E-state index contributed by atoms with van der Waals surface area (Å²) in [4.78, 5) is 6.91. The van der Waals surface area contributed by atoms with Crippen molar-refractivity contribution in [2.24, 2.45) is 10.9 Å². The lowest BCUT2D eigenvalue weighted by Crippen LogP contribution is -2.46. The Morgan fingerprint density at radius 2 is 2.07 bits per heavy atom. The number of aliphatic imine (C=N–C) groups is 1. The molecule has 0 radical (unpaired) electrons. The molecule has 1 aromatic carbocycles. The lowest BCUT2D eigenvalue weighted by Gasteiger charge is -2.22. The third kappa shape index (κ3) is 8.13. The summed E-state index contributed by atoms with van der Waals surface area (Å²) < 4.78 is 10.8. The number of ether oxygens (including phenoxy) is 2. The van der Waals surface area contributed by atoms with Gasteiger partial charge >= 0.3 is 0 Å². The van der Waals surface area contributed by atoms with Crippen molar-refractivity contribution in [3.05, 3.63) is 29.8 Å². The van der Waals surface area contributed by atoms with E-state index in [9.17, 15) is 0 Å². The summed E-state index contributed by atoms with van der Waals surface area (Å²) in [5.41, 5.74) is 1.17. The van der Waals surface area contributed by atoms with Crippen LogP contribution in [0.5, 0.6) is 5.75 Å². The number of rotatable bonds is 9. The van der Waals surface area contributed by atoms with Crippen LogP contribution >= 0.6 is 24.0 Å². The third-order valence-electron chi connectivity index (χ3n) is 5.04. The van der Waals surface area contributed by atoms with Gasteiger partial charge in [-0.15, -0.1) is 24.0 Å². The minimum absolute atomic E-state index is 0. The fraction of sp³-hybridized carbons (Fsp3) is 0.667. The molecule has 1 aliphatic rings. The lowest BCUT2D eigenvalue weighted by atomic mass is 10.1. The number of methoxy groups -OCH3 is 1. The van der Waals surface area contributed by atoms with E-state index < -0.39 is 0 Å². The largest absolute Gasteiger partial charge is 0.493 e. The SMILES string of the molecule is CN=C(NCc1cccc(OCCCOC)c1)NC1CN(C(C)C)CC1C.I. The van der Waals surface area contributed by atoms with E-state index in [0.29, 0.717) is 31.2 Å². The summed E-state index contributed by atoms with van der Waals surface area (Å²) in [7, 11) is 3.53. The minimum Gasteiger partial charge on any atom is -0.493 e. The van der Waals surface area contributed by atoms with Crippen LogP contribution in [0.1, 0.15) is 32.8 Å². The van der Waals surface area contributed by atoms with E-state index in [1.165, 1.54) is 5.56 Å². The third-order valence-corrected chi connectivity index (χ3v) is 5.04. The van der Waals surface area contributed by atoms with Crippen LogP contribution in [-0.4, -0.2) is 63.4 Å². The number of nitrogens with zero attached hydrogens (tertiary/aromatic N) is 2. The van der Waals surface area contributed by atoms with Crippen molar-refractivity contribution in [1.29, 1.82) is 0 Å². The monoisotopic (exact) mass is 504 g/mol. The summed E-state index contributed by atoms with van der Waals surface area (Å²) in [5.74, 6) is 2.35. The molecule has 0 amide bonds. The number of hydrogen-bond acceptors (Lipinski definition) is 4. The molecule has 1 heterocycles. The zero-order valence-electron chi connectivity index (χ0n) is 17.9. The molecule has 2 unspecified atom stereocenters. The number of halogens is 1. The molecule has 0 aliphatic carbocycles. The molecule has 2 atom stereocenters. The molecule has 1 aliphatic heterocycles. The highest BCUT2D eigenvalue weighted by Crippen LogP contribution is 2.18. The fourth-order valence-corrected chi connectivity index (χ4v) is 3.31. The van der Waals surface area contributed by atoms with Crippen LogP contribution < -0.4 is 15.4 Å². The van der Waals surface area contributed by atoms with Crippen LogP contribution in [-0.2, 0) is 11.3 Å². The van der Waals surface area contributed by atoms with Crippen LogP contribution in [0.3, 0.4) is 0 Å². The van der Waals surface area contributed by atoms with Crippen molar-refractivity contribution in [3.63, 3.8) is 0 Å². The van der Waals surface area contributed by atoms with E-state index in [0.717, 1.165) is 37.8 Å². The number of guanidine groups is 1. The predicted molar refractivity (Wildman–Crippen MR) is 127 cm³/mol. The van der Waals surface area contributed by atoms with E-state index >= 15 is 0 Å². The molecule has 1 saturated heterocycles. The molecule has 2 N–H and O–H groups in total. The Morgan fingerprint density at radius 3 is 2.71 bits per heavy atom. The van der Waals surface area contributed by atoms with Crippen LogP contribution in [0.15, 0.2) is 29.3 Å². The molecule has 0 aromatic heterocycles. The zero-order valence-corrected chi connectivity index (χ0v) is 20.2. The first kappa shape index (κ1) is 25.0. The number of likely N-dealkylation sites (tertiary alicyclic amines) is 1.